The van der Waals surface area contributed by atoms with E-state index in [4.69, 9.17) is 0 Å². The highest BCUT2D eigenvalue weighted by Gasteiger charge is 2.71. The molecule has 3 rings (SSSR count). The standard InChI is InChI=1S/C14H16O3S/c1-9-4-3-5-12(10(9)2)18(16,17)14-8-11(14)6-7-13(14)15/h3-5,11H,6-8H2,1-2H3/t11-,14-/m1/s1. The van der Waals surface area contributed by atoms with Crippen LogP contribution in [0.3, 0.4) is 0 Å². The highest BCUT2D eigenvalue weighted by atomic mass is 32.2. The Bertz CT molecular complexity index is 645. The van der Waals surface area contributed by atoms with E-state index in [9.17, 15) is 13.2 Å². The quantitative estimate of drug-likeness (QED) is 0.822. The minimum absolute atomic E-state index is 0.0647. The van der Waals surface area contributed by atoms with E-state index < -0.39 is 14.6 Å². The van der Waals surface area contributed by atoms with Gasteiger partial charge in [-0.3, -0.25) is 4.79 Å². The average Bonchev–Trinajstić information content (AvgIpc) is 2.98. The van der Waals surface area contributed by atoms with Crippen LogP contribution in [0.25, 0.3) is 0 Å². The molecule has 0 bridgehead atoms. The monoisotopic (exact) mass is 264 g/mol. The van der Waals surface area contributed by atoms with Crippen molar-refractivity contribution >= 4 is 15.6 Å². The summed E-state index contributed by atoms with van der Waals surface area (Å²) in [6, 6.07) is 5.28. The third-order valence-corrected chi connectivity index (χ3v) is 7.27. The van der Waals surface area contributed by atoms with Gasteiger partial charge in [-0.05, 0) is 49.8 Å². The molecule has 0 N–H and O–H groups in total. The highest BCUT2D eigenvalue weighted by molar-refractivity contribution is 7.94. The topological polar surface area (TPSA) is 51.2 Å². The lowest BCUT2D eigenvalue weighted by Gasteiger charge is -2.15. The maximum absolute atomic E-state index is 12.8. The van der Waals surface area contributed by atoms with E-state index in [2.05, 4.69) is 0 Å². The molecule has 0 saturated heterocycles. The molecule has 96 valence electrons. The summed E-state index contributed by atoms with van der Waals surface area (Å²) in [5.74, 6) is -0.0108. The van der Waals surface area contributed by atoms with Gasteiger partial charge in [0.25, 0.3) is 0 Å². The molecule has 1 aromatic carbocycles. The molecule has 0 amide bonds. The first-order valence-corrected chi connectivity index (χ1v) is 7.74. The fraction of sp³-hybridized carbons (Fsp3) is 0.500. The second kappa shape index (κ2) is 3.44. The van der Waals surface area contributed by atoms with Crippen molar-refractivity contribution in [1.29, 1.82) is 0 Å². The molecule has 0 unspecified atom stereocenters. The molecule has 2 aliphatic rings. The van der Waals surface area contributed by atoms with Crippen molar-refractivity contribution in [3.8, 4) is 0 Å². The van der Waals surface area contributed by atoms with E-state index >= 15 is 0 Å². The molecule has 0 aromatic heterocycles. The summed E-state index contributed by atoms with van der Waals surface area (Å²) in [6.07, 6.45) is 1.69. The van der Waals surface area contributed by atoms with Crippen LogP contribution in [-0.4, -0.2) is 18.9 Å². The number of hydrogen-bond donors (Lipinski definition) is 0. The first-order valence-electron chi connectivity index (χ1n) is 6.25. The Morgan fingerprint density at radius 2 is 2.00 bits per heavy atom. The molecule has 2 fully saturated rings. The van der Waals surface area contributed by atoms with Crippen molar-refractivity contribution in [2.24, 2.45) is 5.92 Å². The predicted molar refractivity (Wildman–Crippen MR) is 68.2 cm³/mol. The zero-order valence-corrected chi connectivity index (χ0v) is 11.4. The van der Waals surface area contributed by atoms with Gasteiger partial charge in [-0.2, -0.15) is 0 Å². The molecule has 18 heavy (non-hydrogen) atoms. The van der Waals surface area contributed by atoms with Crippen molar-refractivity contribution < 1.29 is 13.2 Å². The van der Waals surface area contributed by atoms with Gasteiger partial charge in [0.05, 0.1) is 4.90 Å². The van der Waals surface area contributed by atoms with Crippen molar-refractivity contribution in [2.75, 3.05) is 0 Å². The number of ketones is 1. The zero-order chi connectivity index (χ0) is 13.1. The summed E-state index contributed by atoms with van der Waals surface area (Å²) in [4.78, 5) is 12.3. The van der Waals surface area contributed by atoms with Crippen molar-refractivity contribution in [2.45, 2.75) is 42.8 Å². The number of hydrogen-bond acceptors (Lipinski definition) is 3. The van der Waals surface area contributed by atoms with E-state index in [1.807, 2.05) is 19.9 Å². The third-order valence-electron chi connectivity index (χ3n) is 4.56. The van der Waals surface area contributed by atoms with Gasteiger partial charge in [-0.15, -0.1) is 0 Å². The third kappa shape index (κ3) is 1.24. The Morgan fingerprint density at radius 1 is 1.28 bits per heavy atom. The van der Waals surface area contributed by atoms with E-state index in [0.717, 1.165) is 17.5 Å². The van der Waals surface area contributed by atoms with Gasteiger partial charge in [0, 0.05) is 6.42 Å². The average molecular weight is 264 g/mol. The predicted octanol–water partition coefficient (Wildman–Crippen LogP) is 2.20. The van der Waals surface area contributed by atoms with Crippen molar-refractivity contribution in [1.82, 2.24) is 0 Å². The minimum Gasteiger partial charge on any atom is -0.298 e. The summed E-state index contributed by atoms with van der Waals surface area (Å²) in [6.45, 7) is 3.71. The van der Waals surface area contributed by atoms with Crippen LogP contribution in [0.1, 0.15) is 30.4 Å². The van der Waals surface area contributed by atoms with Crippen LogP contribution in [0, 0.1) is 19.8 Å². The second-order valence-electron chi connectivity index (χ2n) is 5.45. The molecule has 0 spiro atoms. The number of benzene rings is 1. The Kier molecular flexibility index (Phi) is 2.28. The summed E-state index contributed by atoms with van der Waals surface area (Å²) >= 11 is 0. The molecule has 2 aliphatic carbocycles. The number of Topliss-reactive ketones (excluding diaryl/α,β-unsaturated/α-hetero) is 1. The van der Waals surface area contributed by atoms with E-state index in [1.54, 1.807) is 12.1 Å². The molecule has 1 aromatic rings. The first kappa shape index (κ1) is 11.9. The SMILES string of the molecule is Cc1cccc(S(=O)(=O)[C@]23C[C@H]2CCC3=O)c1C. The molecule has 4 heteroatoms. The van der Waals surface area contributed by atoms with Gasteiger partial charge >= 0.3 is 0 Å². The van der Waals surface area contributed by atoms with Gasteiger partial charge in [0.15, 0.2) is 15.6 Å². The zero-order valence-electron chi connectivity index (χ0n) is 10.6. The normalized spacial score (nSPS) is 30.3. The number of carbonyl (C=O) groups excluding carboxylic acids is 1. The van der Waals surface area contributed by atoms with Gasteiger partial charge in [0.2, 0.25) is 0 Å². The smallest absolute Gasteiger partial charge is 0.191 e. The summed E-state index contributed by atoms with van der Waals surface area (Å²) in [5, 5.41) is 0. The molecule has 0 aliphatic heterocycles. The van der Waals surface area contributed by atoms with Crippen LogP contribution >= 0.6 is 0 Å². The molecule has 0 radical (unpaired) electrons. The minimum atomic E-state index is -3.52. The number of rotatable bonds is 2. The Labute approximate surface area is 107 Å². The summed E-state index contributed by atoms with van der Waals surface area (Å²) < 4.78 is 24.5. The van der Waals surface area contributed by atoms with Crippen molar-refractivity contribution in [3.63, 3.8) is 0 Å². The van der Waals surface area contributed by atoms with Crippen LogP contribution in [-0.2, 0) is 14.6 Å². The maximum Gasteiger partial charge on any atom is 0.191 e. The number of carbonyl (C=O) groups is 1. The lowest BCUT2D eigenvalue weighted by atomic mass is 10.1. The second-order valence-corrected chi connectivity index (χ2v) is 7.63. The molecule has 2 atom stereocenters. The lowest BCUT2D eigenvalue weighted by molar-refractivity contribution is -0.118. The number of fused-ring (bicyclic) bond motifs is 1. The van der Waals surface area contributed by atoms with Gasteiger partial charge in [-0.25, -0.2) is 8.42 Å². The fourth-order valence-electron chi connectivity index (χ4n) is 3.19. The number of sulfone groups is 1. The Morgan fingerprint density at radius 3 is 2.56 bits per heavy atom. The maximum atomic E-state index is 12.8. The molecular formula is C14H16O3S. The molecular weight excluding hydrogens is 248 g/mol. The highest BCUT2D eigenvalue weighted by Crippen LogP contribution is 2.60. The van der Waals surface area contributed by atoms with Crippen LogP contribution < -0.4 is 0 Å². The Hall–Kier alpha value is -1.16. The molecule has 2 saturated carbocycles. The Balaban J connectivity index is 2.18. The van der Waals surface area contributed by atoms with Crippen LogP contribution in [0.4, 0.5) is 0 Å². The van der Waals surface area contributed by atoms with Gasteiger partial charge in [0.1, 0.15) is 4.75 Å². The van der Waals surface area contributed by atoms with Crippen molar-refractivity contribution in [3.05, 3.63) is 29.3 Å². The van der Waals surface area contributed by atoms with Crippen LogP contribution in [0.15, 0.2) is 23.1 Å². The number of aryl methyl sites for hydroxylation is 1. The fourth-order valence-corrected chi connectivity index (χ4v) is 5.78. The molecule has 3 nitrogen and oxygen atoms in total. The van der Waals surface area contributed by atoms with E-state index in [-0.39, 0.29) is 11.7 Å². The first-order chi connectivity index (χ1) is 8.41. The summed E-state index contributed by atoms with van der Waals surface area (Å²) in [7, 11) is -3.52. The van der Waals surface area contributed by atoms with Crippen LogP contribution in [0.2, 0.25) is 0 Å². The lowest BCUT2D eigenvalue weighted by Crippen LogP contribution is -2.31. The van der Waals surface area contributed by atoms with E-state index in [1.165, 1.54) is 0 Å². The van der Waals surface area contributed by atoms with Gasteiger partial charge in [-0.1, -0.05) is 12.1 Å². The van der Waals surface area contributed by atoms with E-state index in [0.29, 0.717) is 17.7 Å². The van der Waals surface area contributed by atoms with Gasteiger partial charge < -0.3 is 0 Å². The largest absolute Gasteiger partial charge is 0.298 e. The molecule has 0 heterocycles. The summed E-state index contributed by atoms with van der Waals surface area (Å²) in [5.41, 5.74) is 1.73. The van der Waals surface area contributed by atoms with Crippen LogP contribution in [0.5, 0.6) is 0 Å².